The van der Waals surface area contributed by atoms with Crippen LogP contribution < -0.4 is 5.73 Å². The van der Waals surface area contributed by atoms with Gasteiger partial charge in [0.2, 0.25) is 0 Å². The highest BCUT2D eigenvalue weighted by atomic mass is 19.1. The summed E-state index contributed by atoms with van der Waals surface area (Å²) in [4.78, 5) is 31.1. The maximum atomic E-state index is 14.0. The maximum absolute atomic E-state index is 14.0. The van der Waals surface area contributed by atoms with Crippen molar-refractivity contribution in [3.05, 3.63) is 70.3 Å². The Morgan fingerprint density at radius 2 is 1.54 bits per heavy atom. The Morgan fingerprint density at radius 3 is 2.13 bits per heavy atom. The third kappa shape index (κ3) is 8.85. The monoisotopic (exact) mass is 541 g/mol. The average Bonchev–Trinajstić information content (AvgIpc) is 2.87. The number of nitrogens with two attached hydrogens (primary N) is 1. The first-order chi connectivity index (χ1) is 18.6. The standard InChI is InChI=1S/C32H45F2N3O2/c1-5-11-36(12-6-2)31(38)25-14-23(4)15-26(20-25)32(39)37(30-9-7-8-22(3)16-30)13-10-29(35)19-24-17-27(33)21-28(34)18-24/h14-15,17-18,20-22,29-30H,5-13,16,19,35H2,1-4H3/t22?,29-,30?/m1/s1. The largest absolute Gasteiger partial charge is 0.339 e. The number of halogens is 2. The Kier molecular flexibility index (Phi) is 11.5. The number of benzene rings is 2. The lowest BCUT2D eigenvalue weighted by molar-refractivity contribution is 0.0597. The third-order valence-corrected chi connectivity index (χ3v) is 7.62. The molecule has 0 bridgehead atoms. The van der Waals surface area contributed by atoms with Crippen LogP contribution in [0.15, 0.2) is 36.4 Å². The van der Waals surface area contributed by atoms with Crippen molar-refractivity contribution >= 4 is 11.8 Å². The van der Waals surface area contributed by atoms with Crippen molar-refractivity contribution < 1.29 is 18.4 Å². The fourth-order valence-corrected chi connectivity index (χ4v) is 5.81. The van der Waals surface area contributed by atoms with E-state index in [0.29, 0.717) is 55.1 Å². The molecule has 2 unspecified atom stereocenters. The minimum Gasteiger partial charge on any atom is -0.339 e. The number of aryl methyl sites for hydroxylation is 1. The molecule has 3 rings (SSSR count). The highest BCUT2D eigenvalue weighted by Crippen LogP contribution is 2.29. The van der Waals surface area contributed by atoms with Crippen molar-refractivity contribution in [2.24, 2.45) is 11.7 Å². The Morgan fingerprint density at radius 1 is 0.923 bits per heavy atom. The van der Waals surface area contributed by atoms with Crippen LogP contribution in [0.1, 0.15) is 97.6 Å². The van der Waals surface area contributed by atoms with Gasteiger partial charge in [-0.05, 0) is 92.8 Å². The van der Waals surface area contributed by atoms with Gasteiger partial charge >= 0.3 is 0 Å². The molecule has 39 heavy (non-hydrogen) atoms. The van der Waals surface area contributed by atoms with Crippen LogP contribution in [0.4, 0.5) is 8.78 Å². The van der Waals surface area contributed by atoms with E-state index in [2.05, 4.69) is 20.8 Å². The van der Waals surface area contributed by atoms with Crippen molar-refractivity contribution in [2.45, 2.75) is 91.1 Å². The number of carbonyl (C=O) groups is 2. The molecule has 0 spiro atoms. The molecule has 1 saturated carbocycles. The lowest BCUT2D eigenvalue weighted by Crippen LogP contribution is -2.45. The van der Waals surface area contributed by atoms with Crippen molar-refractivity contribution in [2.75, 3.05) is 19.6 Å². The van der Waals surface area contributed by atoms with Crippen molar-refractivity contribution in [1.29, 1.82) is 0 Å². The second-order valence-electron chi connectivity index (χ2n) is 11.3. The summed E-state index contributed by atoms with van der Waals surface area (Å²) in [6, 6.07) is 8.66. The fourth-order valence-electron chi connectivity index (χ4n) is 5.81. The van der Waals surface area contributed by atoms with Gasteiger partial charge < -0.3 is 15.5 Å². The number of carbonyl (C=O) groups excluding carboxylic acids is 2. The summed E-state index contributed by atoms with van der Waals surface area (Å²) in [6.45, 7) is 10.1. The van der Waals surface area contributed by atoms with Gasteiger partial charge in [-0.2, -0.15) is 0 Å². The van der Waals surface area contributed by atoms with Gasteiger partial charge in [0, 0.05) is 48.9 Å². The molecule has 2 aromatic rings. The molecule has 214 valence electrons. The Bertz CT molecular complexity index is 1100. The summed E-state index contributed by atoms with van der Waals surface area (Å²) < 4.78 is 27.3. The van der Waals surface area contributed by atoms with Crippen molar-refractivity contribution in [3.63, 3.8) is 0 Å². The summed E-state index contributed by atoms with van der Waals surface area (Å²) in [5.74, 6) is -0.848. The first-order valence-corrected chi connectivity index (χ1v) is 14.5. The van der Waals surface area contributed by atoms with E-state index in [9.17, 15) is 18.4 Å². The van der Waals surface area contributed by atoms with Gasteiger partial charge in [0.1, 0.15) is 11.6 Å². The Hall–Kier alpha value is -2.80. The molecular formula is C32H45F2N3O2. The van der Waals surface area contributed by atoms with E-state index in [4.69, 9.17) is 5.73 Å². The molecule has 0 aliphatic heterocycles. The van der Waals surface area contributed by atoms with Crippen LogP contribution in [0.5, 0.6) is 0 Å². The van der Waals surface area contributed by atoms with Gasteiger partial charge in [0.25, 0.3) is 11.8 Å². The topological polar surface area (TPSA) is 66.6 Å². The lowest BCUT2D eigenvalue weighted by Gasteiger charge is -2.37. The number of nitrogens with zero attached hydrogens (tertiary/aromatic N) is 2. The summed E-state index contributed by atoms with van der Waals surface area (Å²) in [5, 5.41) is 0. The fraction of sp³-hybridized carbons (Fsp3) is 0.562. The quantitative estimate of drug-likeness (QED) is 0.333. The molecule has 0 radical (unpaired) electrons. The minimum atomic E-state index is -0.619. The zero-order valence-electron chi connectivity index (χ0n) is 24.0. The van der Waals surface area contributed by atoms with Gasteiger partial charge in [0.15, 0.2) is 0 Å². The van der Waals surface area contributed by atoms with Gasteiger partial charge in [0.05, 0.1) is 0 Å². The molecule has 5 nitrogen and oxygen atoms in total. The predicted molar refractivity (Wildman–Crippen MR) is 153 cm³/mol. The predicted octanol–water partition coefficient (Wildman–Crippen LogP) is 6.52. The Balaban J connectivity index is 1.82. The molecule has 0 aromatic heterocycles. The second kappa shape index (κ2) is 14.5. The lowest BCUT2D eigenvalue weighted by atomic mass is 9.85. The highest BCUT2D eigenvalue weighted by Gasteiger charge is 2.30. The highest BCUT2D eigenvalue weighted by molar-refractivity contribution is 6.00. The van der Waals surface area contributed by atoms with E-state index < -0.39 is 11.6 Å². The molecule has 2 aromatic carbocycles. The SMILES string of the molecule is CCCN(CCC)C(=O)c1cc(C)cc(C(=O)N(CC[C@@H](N)Cc2cc(F)cc(F)c2)C2CCCC(C)C2)c1. The van der Waals surface area contributed by atoms with Gasteiger partial charge in [-0.3, -0.25) is 9.59 Å². The summed E-state index contributed by atoms with van der Waals surface area (Å²) in [6.07, 6.45) is 6.65. The maximum Gasteiger partial charge on any atom is 0.254 e. The van der Waals surface area contributed by atoms with Crippen molar-refractivity contribution in [1.82, 2.24) is 9.80 Å². The number of hydrogen-bond acceptors (Lipinski definition) is 3. The van der Waals surface area contributed by atoms with Crippen LogP contribution in [0.3, 0.4) is 0 Å². The molecule has 0 saturated heterocycles. The average molecular weight is 542 g/mol. The molecule has 2 amide bonds. The van der Waals surface area contributed by atoms with Gasteiger partial charge in [-0.15, -0.1) is 0 Å². The van der Waals surface area contributed by atoms with E-state index in [1.807, 2.05) is 28.9 Å². The summed E-state index contributed by atoms with van der Waals surface area (Å²) in [5.41, 5.74) is 8.84. The molecular weight excluding hydrogens is 496 g/mol. The smallest absolute Gasteiger partial charge is 0.254 e. The first kappa shape index (κ1) is 30.7. The molecule has 3 atom stereocenters. The third-order valence-electron chi connectivity index (χ3n) is 7.62. The molecule has 1 aliphatic rings. The summed E-state index contributed by atoms with van der Waals surface area (Å²) in [7, 11) is 0. The van der Waals surface area contributed by atoms with E-state index in [1.54, 1.807) is 6.07 Å². The minimum absolute atomic E-state index is 0.0429. The van der Waals surface area contributed by atoms with Crippen LogP contribution >= 0.6 is 0 Å². The van der Waals surface area contributed by atoms with Crippen LogP contribution in [-0.2, 0) is 6.42 Å². The van der Waals surface area contributed by atoms with Gasteiger partial charge in [-0.25, -0.2) is 8.78 Å². The first-order valence-electron chi connectivity index (χ1n) is 14.5. The second-order valence-corrected chi connectivity index (χ2v) is 11.3. The van der Waals surface area contributed by atoms with E-state index in [0.717, 1.165) is 50.2 Å². The zero-order chi connectivity index (χ0) is 28.5. The zero-order valence-corrected chi connectivity index (χ0v) is 24.0. The van der Waals surface area contributed by atoms with Crippen LogP contribution in [-0.4, -0.2) is 53.3 Å². The number of hydrogen-bond donors (Lipinski definition) is 1. The van der Waals surface area contributed by atoms with Crippen LogP contribution in [0, 0.1) is 24.5 Å². The molecule has 2 N–H and O–H groups in total. The van der Waals surface area contributed by atoms with E-state index in [1.165, 1.54) is 12.1 Å². The summed E-state index contributed by atoms with van der Waals surface area (Å²) >= 11 is 0. The normalized spacial score (nSPS) is 18.0. The molecule has 0 heterocycles. The molecule has 7 heteroatoms. The Labute approximate surface area is 232 Å². The van der Waals surface area contributed by atoms with E-state index >= 15 is 0 Å². The van der Waals surface area contributed by atoms with Crippen LogP contribution in [0.25, 0.3) is 0 Å². The van der Waals surface area contributed by atoms with Crippen LogP contribution in [0.2, 0.25) is 0 Å². The molecule has 1 aliphatic carbocycles. The van der Waals surface area contributed by atoms with E-state index in [-0.39, 0.29) is 23.9 Å². The molecule has 1 fully saturated rings. The van der Waals surface area contributed by atoms with Gasteiger partial charge in [-0.1, -0.05) is 33.6 Å². The van der Waals surface area contributed by atoms with Crippen molar-refractivity contribution in [3.8, 4) is 0 Å². The number of amides is 2. The number of rotatable bonds is 12.